The van der Waals surface area contributed by atoms with Gasteiger partial charge in [-0.1, -0.05) is 6.92 Å². The predicted octanol–water partition coefficient (Wildman–Crippen LogP) is 2.14. The number of ether oxygens (including phenoxy) is 1. The van der Waals surface area contributed by atoms with Crippen LogP contribution in [0.5, 0.6) is 0 Å². The van der Waals surface area contributed by atoms with Crippen LogP contribution in [0.3, 0.4) is 0 Å². The molecule has 0 bridgehead atoms. The quantitative estimate of drug-likeness (QED) is 0.897. The number of hydrogen-bond donors (Lipinski definition) is 1. The van der Waals surface area contributed by atoms with Crippen LogP contribution in [-0.2, 0) is 17.6 Å². The van der Waals surface area contributed by atoms with Gasteiger partial charge in [-0.25, -0.2) is 14.8 Å². The van der Waals surface area contributed by atoms with E-state index in [1.165, 1.54) is 11.3 Å². The molecule has 2 heterocycles. The normalized spacial score (nSPS) is 11.0. The van der Waals surface area contributed by atoms with E-state index >= 15 is 0 Å². The fraction of sp³-hybridized carbons (Fsp3) is 0.417. The number of carbonyl (C=O) groups is 1. The molecule has 0 amide bonds. The van der Waals surface area contributed by atoms with Gasteiger partial charge < -0.3 is 9.84 Å². The second-order valence-electron chi connectivity index (χ2n) is 3.82. The first-order valence-electron chi connectivity index (χ1n) is 5.67. The number of rotatable bonds is 5. The molecule has 0 atom stereocenters. The third kappa shape index (κ3) is 2.49. The van der Waals surface area contributed by atoms with Crippen molar-refractivity contribution in [1.82, 2.24) is 9.97 Å². The van der Waals surface area contributed by atoms with E-state index in [9.17, 15) is 9.90 Å². The minimum atomic E-state index is -1.01. The molecular weight excluding hydrogens is 252 g/mol. The number of carboxylic acids is 1. The molecule has 1 N–H and O–H groups in total. The Kier molecular flexibility index (Phi) is 3.88. The Morgan fingerprint density at radius 1 is 1.50 bits per heavy atom. The molecule has 2 aromatic rings. The minimum absolute atomic E-state index is 0.0852. The summed E-state index contributed by atoms with van der Waals surface area (Å²) in [5, 5.41) is 9.83. The number of hydrogen-bond acceptors (Lipinski definition) is 5. The van der Waals surface area contributed by atoms with Gasteiger partial charge >= 0.3 is 5.97 Å². The zero-order chi connectivity index (χ0) is 13.1. The van der Waals surface area contributed by atoms with Gasteiger partial charge in [-0.05, 0) is 12.5 Å². The molecule has 0 saturated heterocycles. The number of aromatic nitrogens is 2. The van der Waals surface area contributed by atoms with Crippen LogP contribution < -0.4 is 0 Å². The number of methoxy groups -OCH3 is 1. The summed E-state index contributed by atoms with van der Waals surface area (Å²) in [4.78, 5) is 21.6. The van der Waals surface area contributed by atoms with Crippen molar-refractivity contribution in [2.75, 3.05) is 13.7 Å². The van der Waals surface area contributed by atoms with Gasteiger partial charge in [0.25, 0.3) is 0 Å². The number of carboxylic acid groups (broad SMARTS) is 1. The van der Waals surface area contributed by atoms with Crippen molar-refractivity contribution in [3.05, 3.63) is 22.5 Å². The van der Waals surface area contributed by atoms with E-state index in [1.54, 1.807) is 7.11 Å². The van der Waals surface area contributed by atoms with Crippen molar-refractivity contribution in [1.29, 1.82) is 0 Å². The number of nitrogens with zero attached hydrogens (tertiary/aromatic N) is 2. The van der Waals surface area contributed by atoms with E-state index in [0.717, 1.165) is 16.1 Å². The molecule has 2 rings (SSSR count). The zero-order valence-electron chi connectivity index (χ0n) is 10.3. The Morgan fingerprint density at radius 2 is 2.28 bits per heavy atom. The summed E-state index contributed by atoms with van der Waals surface area (Å²) in [6, 6.07) is 1.86. The third-order valence-corrected chi connectivity index (χ3v) is 3.74. The van der Waals surface area contributed by atoms with Crippen molar-refractivity contribution in [3.8, 4) is 0 Å². The van der Waals surface area contributed by atoms with Crippen LogP contribution in [0.4, 0.5) is 0 Å². The van der Waals surface area contributed by atoms with Crippen LogP contribution >= 0.6 is 11.3 Å². The first-order valence-corrected chi connectivity index (χ1v) is 6.49. The second-order valence-corrected chi connectivity index (χ2v) is 4.94. The number of thiophene rings is 1. The molecule has 96 valence electrons. The SMILES string of the molecule is CCc1cc2c(C(=O)O)nc(CCOC)nc2s1. The molecule has 0 aliphatic heterocycles. The molecule has 0 aliphatic rings. The van der Waals surface area contributed by atoms with Gasteiger partial charge in [-0.15, -0.1) is 11.3 Å². The Labute approximate surface area is 108 Å². The predicted molar refractivity (Wildman–Crippen MR) is 69.3 cm³/mol. The van der Waals surface area contributed by atoms with Crippen molar-refractivity contribution in [2.45, 2.75) is 19.8 Å². The standard InChI is InChI=1S/C12H14N2O3S/c1-3-7-6-8-10(12(15)16)13-9(4-5-17-2)14-11(8)18-7/h6H,3-5H2,1-2H3,(H,15,16). The summed E-state index contributed by atoms with van der Waals surface area (Å²) < 4.78 is 4.96. The summed E-state index contributed by atoms with van der Waals surface area (Å²) in [5.41, 5.74) is 0.0852. The van der Waals surface area contributed by atoms with Gasteiger partial charge in [0, 0.05) is 23.8 Å². The summed E-state index contributed by atoms with van der Waals surface area (Å²) in [6.45, 7) is 2.51. The fourth-order valence-corrected chi connectivity index (χ4v) is 2.64. The van der Waals surface area contributed by atoms with Gasteiger partial charge in [0.1, 0.15) is 10.7 Å². The second kappa shape index (κ2) is 5.41. The van der Waals surface area contributed by atoms with Crippen LogP contribution in [-0.4, -0.2) is 34.8 Å². The maximum atomic E-state index is 11.2. The van der Waals surface area contributed by atoms with Gasteiger partial charge in [-0.3, -0.25) is 0 Å². The maximum Gasteiger partial charge on any atom is 0.355 e. The lowest BCUT2D eigenvalue weighted by Gasteiger charge is -2.02. The topological polar surface area (TPSA) is 72.3 Å². The van der Waals surface area contributed by atoms with Gasteiger partial charge in [-0.2, -0.15) is 0 Å². The number of fused-ring (bicyclic) bond motifs is 1. The average molecular weight is 266 g/mol. The smallest absolute Gasteiger partial charge is 0.355 e. The lowest BCUT2D eigenvalue weighted by molar-refractivity contribution is 0.0692. The highest BCUT2D eigenvalue weighted by Gasteiger charge is 2.16. The monoisotopic (exact) mass is 266 g/mol. The Bertz CT molecular complexity index is 580. The zero-order valence-corrected chi connectivity index (χ0v) is 11.1. The minimum Gasteiger partial charge on any atom is -0.476 e. The molecule has 0 radical (unpaired) electrons. The summed E-state index contributed by atoms with van der Waals surface area (Å²) in [5.74, 6) is -0.493. The van der Waals surface area contributed by atoms with Crippen LogP contribution in [0.2, 0.25) is 0 Å². The largest absolute Gasteiger partial charge is 0.476 e. The molecule has 0 aromatic carbocycles. The number of aromatic carboxylic acids is 1. The van der Waals surface area contributed by atoms with E-state index in [1.807, 2.05) is 13.0 Å². The third-order valence-electron chi connectivity index (χ3n) is 2.57. The van der Waals surface area contributed by atoms with Gasteiger partial charge in [0.15, 0.2) is 5.69 Å². The molecule has 0 spiro atoms. The van der Waals surface area contributed by atoms with Crippen LogP contribution in [0.15, 0.2) is 6.07 Å². The van der Waals surface area contributed by atoms with Crippen LogP contribution in [0.25, 0.3) is 10.2 Å². The highest BCUT2D eigenvalue weighted by molar-refractivity contribution is 7.18. The summed E-state index contributed by atoms with van der Waals surface area (Å²) in [7, 11) is 1.59. The van der Waals surface area contributed by atoms with E-state index < -0.39 is 5.97 Å². The first-order chi connectivity index (χ1) is 8.65. The molecule has 0 unspecified atom stereocenters. The fourth-order valence-electron chi connectivity index (χ4n) is 1.66. The lowest BCUT2D eigenvalue weighted by atomic mass is 10.2. The van der Waals surface area contributed by atoms with E-state index in [2.05, 4.69) is 9.97 Å². The van der Waals surface area contributed by atoms with Crippen molar-refractivity contribution in [2.24, 2.45) is 0 Å². The molecule has 0 aliphatic carbocycles. The van der Waals surface area contributed by atoms with E-state index in [4.69, 9.17) is 4.74 Å². The molecule has 18 heavy (non-hydrogen) atoms. The molecule has 6 heteroatoms. The molecule has 5 nitrogen and oxygen atoms in total. The van der Waals surface area contributed by atoms with E-state index in [-0.39, 0.29) is 5.69 Å². The molecule has 2 aromatic heterocycles. The van der Waals surface area contributed by atoms with Crippen molar-refractivity contribution in [3.63, 3.8) is 0 Å². The highest BCUT2D eigenvalue weighted by Crippen LogP contribution is 2.26. The Hall–Kier alpha value is -1.53. The van der Waals surface area contributed by atoms with Gasteiger partial charge in [0.05, 0.1) is 6.61 Å². The van der Waals surface area contributed by atoms with E-state index in [0.29, 0.717) is 24.2 Å². The van der Waals surface area contributed by atoms with Gasteiger partial charge in [0.2, 0.25) is 0 Å². The highest BCUT2D eigenvalue weighted by atomic mass is 32.1. The first kappa shape index (κ1) is 12.9. The molecular formula is C12H14N2O3S. The number of aryl methyl sites for hydroxylation is 1. The molecule has 0 saturated carbocycles. The van der Waals surface area contributed by atoms with Crippen molar-refractivity contribution >= 4 is 27.5 Å². The van der Waals surface area contributed by atoms with Crippen molar-refractivity contribution < 1.29 is 14.6 Å². The Balaban J connectivity index is 2.53. The lowest BCUT2D eigenvalue weighted by Crippen LogP contribution is -2.07. The van der Waals surface area contributed by atoms with Crippen LogP contribution in [0.1, 0.15) is 28.1 Å². The summed E-state index contributed by atoms with van der Waals surface area (Å²) >= 11 is 1.52. The Morgan fingerprint density at radius 3 is 2.89 bits per heavy atom. The average Bonchev–Trinajstić information content (AvgIpc) is 2.77. The molecule has 0 fully saturated rings. The maximum absolute atomic E-state index is 11.2. The summed E-state index contributed by atoms with van der Waals surface area (Å²) in [6.07, 6.45) is 1.39. The van der Waals surface area contributed by atoms with Crippen LogP contribution in [0, 0.1) is 0 Å².